The molecule has 0 saturated heterocycles. The molecule has 0 bridgehead atoms. The molecule has 0 saturated carbocycles. The Morgan fingerprint density at radius 1 is 0.733 bits per heavy atom. The summed E-state index contributed by atoms with van der Waals surface area (Å²) in [6.07, 6.45) is 1.16. The van der Waals surface area contributed by atoms with Gasteiger partial charge in [-0.2, -0.15) is 10.5 Å². The number of amides is 2. The van der Waals surface area contributed by atoms with Crippen LogP contribution >= 0.6 is 0 Å². The van der Waals surface area contributed by atoms with Crippen molar-refractivity contribution >= 4 is 11.8 Å². The van der Waals surface area contributed by atoms with Gasteiger partial charge in [0.2, 0.25) is 0 Å². The minimum atomic E-state index is -0.442. The van der Waals surface area contributed by atoms with E-state index >= 15 is 0 Å². The number of carbonyl (C=O) groups is 2. The average Bonchev–Trinajstić information content (AvgIpc) is 2.81. The Morgan fingerprint density at radius 2 is 1.13 bits per heavy atom. The standard InChI is InChI=1S/C22H16N6O2/c23-10-15-1-5-17(6-2-15)12-25-21(29)19-9-20(28-14-27-19)22(30)26-13-18-7-3-16(11-24)4-8-18/h1-9,14H,12-13H2,(H,25,29)(H,26,30). The summed E-state index contributed by atoms with van der Waals surface area (Å²) in [4.78, 5) is 32.5. The first-order valence-electron chi connectivity index (χ1n) is 8.95. The lowest BCUT2D eigenvalue weighted by Crippen LogP contribution is -2.27. The van der Waals surface area contributed by atoms with Crippen LogP contribution in [0.5, 0.6) is 0 Å². The minimum absolute atomic E-state index is 0.0715. The van der Waals surface area contributed by atoms with Crippen molar-refractivity contribution in [3.63, 3.8) is 0 Å². The molecule has 1 heterocycles. The van der Waals surface area contributed by atoms with Crippen molar-refractivity contribution in [3.05, 3.63) is 94.6 Å². The Morgan fingerprint density at radius 3 is 1.50 bits per heavy atom. The first-order valence-corrected chi connectivity index (χ1v) is 8.95. The number of hydrogen-bond acceptors (Lipinski definition) is 6. The van der Waals surface area contributed by atoms with Crippen LogP contribution in [0, 0.1) is 22.7 Å². The van der Waals surface area contributed by atoms with E-state index in [1.807, 2.05) is 12.1 Å². The van der Waals surface area contributed by atoms with E-state index in [2.05, 4.69) is 20.6 Å². The molecule has 0 aliphatic carbocycles. The second kappa shape index (κ2) is 9.58. The zero-order chi connectivity index (χ0) is 21.3. The molecule has 8 nitrogen and oxygen atoms in total. The SMILES string of the molecule is N#Cc1ccc(CNC(=O)c2cc(C(=O)NCc3ccc(C#N)cc3)ncn2)cc1. The lowest BCUT2D eigenvalue weighted by atomic mass is 10.1. The maximum Gasteiger partial charge on any atom is 0.270 e. The van der Waals surface area contributed by atoms with E-state index in [4.69, 9.17) is 10.5 Å². The van der Waals surface area contributed by atoms with E-state index in [-0.39, 0.29) is 24.5 Å². The van der Waals surface area contributed by atoms with Crippen LogP contribution in [-0.2, 0) is 13.1 Å². The van der Waals surface area contributed by atoms with E-state index in [9.17, 15) is 9.59 Å². The summed E-state index contributed by atoms with van der Waals surface area (Å²) in [5.41, 5.74) is 2.88. The average molecular weight is 396 g/mol. The highest BCUT2D eigenvalue weighted by Gasteiger charge is 2.13. The van der Waals surface area contributed by atoms with Crippen LogP contribution in [0.1, 0.15) is 43.2 Å². The molecule has 0 fully saturated rings. The van der Waals surface area contributed by atoms with Crippen molar-refractivity contribution in [1.82, 2.24) is 20.6 Å². The van der Waals surface area contributed by atoms with Crippen molar-refractivity contribution in [2.24, 2.45) is 0 Å². The van der Waals surface area contributed by atoms with Gasteiger partial charge in [0.25, 0.3) is 11.8 Å². The highest BCUT2D eigenvalue weighted by atomic mass is 16.2. The van der Waals surface area contributed by atoms with E-state index in [1.165, 1.54) is 6.07 Å². The van der Waals surface area contributed by atoms with Gasteiger partial charge >= 0.3 is 0 Å². The van der Waals surface area contributed by atoms with E-state index in [0.29, 0.717) is 11.1 Å². The molecule has 0 atom stereocenters. The third-order valence-corrected chi connectivity index (χ3v) is 4.20. The van der Waals surface area contributed by atoms with Gasteiger partial charge in [-0.1, -0.05) is 24.3 Å². The zero-order valence-corrected chi connectivity index (χ0v) is 15.8. The van der Waals surface area contributed by atoms with Crippen LogP contribution in [0.15, 0.2) is 60.9 Å². The van der Waals surface area contributed by atoms with Gasteiger partial charge in [-0.15, -0.1) is 0 Å². The summed E-state index contributed by atoms with van der Waals surface area (Å²) in [6, 6.07) is 19.1. The predicted octanol–water partition coefficient (Wildman–Crippen LogP) is 2.08. The highest BCUT2D eigenvalue weighted by molar-refractivity contribution is 5.97. The number of aromatic nitrogens is 2. The third-order valence-electron chi connectivity index (χ3n) is 4.20. The van der Waals surface area contributed by atoms with Crippen LogP contribution in [0.4, 0.5) is 0 Å². The number of benzene rings is 2. The molecule has 2 amide bonds. The van der Waals surface area contributed by atoms with E-state index in [0.717, 1.165) is 17.5 Å². The van der Waals surface area contributed by atoms with Crippen molar-refractivity contribution in [3.8, 4) is 12.1 Å². The minimum Gasteiger partial charge on any atom is -0.347 e. The first-order chi connectivity index (χ1) is 14.6. The summed E-state index contributed by atoms with van der Waals surface area (Å²) in [6.45, 7) is 0.517. The fourth-order valence-electron chi connectivity index (χ4n) is 2.55. The van der Waals surface area contributed by atoms with Crippen molar-refractivity contribution in [2.45, 2.75) is 13.1 Å². The second-order valence-corrected chi connectivity index (χ2v) is 6.27. The van der Waals surface area contributed by atoms with Crippen LogP contribution in [0.3, 0.4) is 0 Å². The summed E-state index contributed by atoms with van der Waals surface area (Å²) >= 11 is 0. The molecule has 1 aromatic heterocycles. The Labute approximate surface area is 172 Å². The molecule has 3 aromatic rings. The van der Waals surface area contributed by atoms with Gasteiger partial charge in [-0.05, 0) is 35.4 Å². The van der Waals surface area contributed by atoms with Gasteiger partial charge in [0.1, 0.15) is 17.7 Å². The molecule has 2 aromatic carbocycles. The molecule has 2 N–H and O–H groups in total. The van der Waals surface area contributed by atoms with Gasteiger partial charge in [-0.3, -0.25) is 9.59 Å². The fraction of sp³-hybridized carbons (Fsp3) is 0.0909. The second-order valence-electron chi connectivity index (χ2n) is 6.27. The number of rotatable bonds is 6. The molecule has 146 valence electrons. The monoisotopic (exact) mass is 396 g/mol. The molecule has 0 aliphatic heterocycles. The topological polar surface area (TPSA) is 132 Å². The lowest BCUT2D eigenvalue weighted by molar-refractivity contribution is 0.0944. The Bertz CT molecular complexity index is 1050. The predicted molar refractivity (Wildman–Crippen MR) is 107 cm³/mol. The summed E-state index contributed by atoms with van der Waals surface area (Å²) in [5.74, 6) is -0.884. The lowest BCUT2D eigenvalue weighted by Gasteiger charge is -2.07. The van der Waals surface area contributed by atoms with Crippen molar-refractivity contribution in [2.75, 3.05) is 0 Å². The van der Waals surface area contributed by atoms with Gasteiger partial charge < -0.3 is 10.6 Å². The number of hydrogen-bond donors (Lipinski definition) is 2. The van der Waals surface area contributed by atoms with Gasteiger partial charge in [0.15, 0.2) is 0 Å². The van der Waals surface area contributed by atoms with Crippen LogP contribution in [0.2, 0.25) is 0 Å². The maximum atomic E-state index is 12.3. The van der Waals surface area contributed by atoms with Crippen LogP contribution < -0.4 is 10.6 Å². The fourth-order valence-corrected chi connectivity index (χ4v) is 2.55. The summed E-state index contributed by atoms with van der Waals surface area (Å²) in [5, 5.41) is 23.1. The van der Waals surface area contributed by atoms with Crippen molar-refractivity contribution in [1.29, 1.82) is 10.5 Å². The third kappa shape index (κ3) is 5.24. The molecular weight excluding hydrogens is 380 g/mol. The molecule has 0 aliphatic rings. The molecule has 3 rings (SSSR count). The van der Waals surface area contributed by atoms with Gasteiger partial charge in [0, 0.05) is 19.2 Å². The zero-order valence-electron chi connectivity index (χ0n) is 15.8. The molecule has 0 radical (unpaired) electrons. The molecule has 0 spiro atoms. The van der Waals surface area contributed by atoms with Crippen molar-refractivity contribution < 1.29 is 9.59 Å². The molecule has 0 unspecified atom stereocenters. The molecular formula is C22H16N6O2. The number of carbonyl (C=O) groups excluding carboxylic acids is 2. The quantitative estimate of drug-likeness (QED) is 0.656. The first kappa shape index (κ1) is 20.2. The Hall–Kier alpha value is -4.56. The molecule has 8 heteroatoms. The van der Waals surface area contributed by atoms with E-state index in [1.54, 1.807) is 48.5 Å². The normalized spacial score (nSPS) is 9.80. The number of nitrogens with zero attached hydrogens (tertiary/aromatic N) is 4. The summed E-state index contributed by atoms with van der Waals surface area (Å²) < 4.78 is 0. The number of nitriles is 2. The largest absolute Gasteiger partial charge is 0.347 e. The summed E-state index contributed by atoms with van der Waals surface area (Å²) in [7, 11) is 0. The van der Waals surface area contributed by atoms with Gasteiger partial charge in [-0.25, -0.2) is 9.97 Å². The van der Waals surface area contributed by atoms with Gasteiger partial charge in [0.05, 0.1) is 23.3 Å². The smallest absolute Gasteiger partial charge is 0.270 e. The van der Waals surface area contributed by atoms with Crippen LogP contribution in [-0.4, -0.2) is 21.8 Å². The van der Waals surface area contributed by atoms with E-state index < -0.39 is 11.8 Å². The molecule has 30 heavy (non-hydrogen) atoms. The van der Waals surface area contributed by atoms with Crippen LogP contribution in [0.25, 0.3) is 0 Å². The maximum absolute atomic E-state index is 12.3. The Kier molecular flexibility index (Phi) is 6.44. The number of nitrogens with one attached hydrogen (secondary N) is 2. The highest BCUT2D eigenvalue weighted by Crippen LogP contribution is 2.06. The Balaban J connectivity index is 1.58.